The highest BCUT2D eigenvalue weighted by Gasteiger charge is 2.18. The van der Waals surface area contributed by atoms with Crippen molar-refractivity contribution in [3.05, 3.63) is 71.9 Å². The van der Waals surface area contributed by atoms with Crippen LogP contribution in [-0.4, -0.2) is 62.1 Å². The van der Waals surface area contributed by atoms with Gasteiger partial charge < -0.3 is 5.32 Å². The molecule has 2 aliphatic rings. The van der Waals surface area contributed by atoms with Gasteiger partial charge in [0.05, 0.1) is 23.1 Å². The van der Waals surface area contributed by atoms with Crippen LogP contribution < -0.4 is 5.32 Å². The van der Waals surface area contributed by atoms with Gasteiger partial charge in [-0.3, -0.25) is 29.7 Å². The first-order valence-electron chi connectivity index (χ1n) is 11.8. The third-order valence-corrected chi connectivity index (χ3v) is 6.68. The molecule has 0 bridgehead atoms. The minimum atomic E-state index is -0.259. The zero-order valence-electron chi connectivity index (χ0n) is 19.0. The van der Waals surface area contributed by atoms with E-state index in [1.807, 2.05) is 42.7 Å². The largest absolute Gasteiger partial charge is 0.319 e. The number of hydrogen-bond acceptors (Lipinski definition) is 6. The highest BCUT2D eigenvalue weighted by Crippen LogP contribution is 2.27. The van der Waals surface area contributed by atoms with Crippen molar-refractivity contribution in [2.75, 3.05) is 31.5 Å². The zero-order valence-corrected chi connectivity index (χ0v) is 19.0. The van der Waals surface area contributed by atoms with Crippen molar-refractivity contribution in [3.63, 3.8) is 0 Å². The SMILES string of the molecule is O=C(Nc1ccc(CN2CCC2)nc1)c1n[nH]c2ccc(-c3cncc(CN4CCC4)c3)cc12. The van der Waals surface area contributed by atoms with Crippen LogP contribution in [-0.2, 0) is 13.1 Å². The molecule has 0 aliphatic carbocycles. The lowest BCUT2D eigenvalue weighted by atomic mass is 10.0. The Morgan fingerprint density at radius 2 is 1.74 bits per heavy atom. The number of H-pyrrole nitrogens is 1. The van der Waals surface area contributed by atoms with Gasteiger partial charge in [0.1, 0.15) is 0 Å². The molecule has 0 atom stereocenters. The van der Waals surface area contributed by atoms with Crippen LogP contribution in [0.5, 0.6) is 0 Å². The Morgan fingerprint density at radius 1 is 0.912 bits per heavy atom. The van der Waals surface area contributed by atoms with E-state index in [0.29, 0.717) is 11.4 Å². The molecule has 6 rings (SSSR count). The van der Waals surface area contributed by atoms with Crippen LogP contribution in [0.15, 0.2) is 55.0 Å². The van der Waals surface area contributed by atoms with Crippen LogP contribution in [0, 0.1) is 0 Å². The van der Waals surface area contributed by atoms with Gasteiger partial charge in [0.2, 0.25) is 0 Å². The van der Waals surface area contributed by atoms with Crippen LogP contribution in [0.1, 0.15) is 34.6 Å². The fourth-order valence-corrected chi connectivity index (χ4v) is 4.45. The van der Waals surface area contributed by atoms with Crippen molar-refractivity contribution in [3.8, 4) is 11.1 Å². The molecule has 0 radical (unpaired) electrons. The molecule has 34 heavy (non-hydrogen) atoms. The number of aromatic amines is 1. The summed E-state index contributed by atoms with van der Waals surface area (Å²) in [6.07, 6.45) is 8.04. The number of nitrogens with zero attached hydrogens (tertiary/aromatic N) is 5. The quantitative estimate of drug-likeness (QED) is 0.444. The Hall–Kier alpha value is -3.62. The number of anilines is 1. The molecule has 4 aromatic rings. The molecule has 0 unspecified atom stereocenters. The topological polar surface area (TPSA) is 90.0 Å². The van der Waals surface area contributed by atoms with Gasteiger partial charge >= 0.3 is 0 Å². The minimum absolute atomic E-state index is 0.259. The predicted octanol–water partition coefficient (Wildman–Crippen LogP) is 3.68. The summed E-state index contributed by atoms with van der Waals surface area (Å²) in [7, 11) is 0. The van der Waals surface area contributed by atoms with Crippen molar-refractivity contribution >= 4 is 22.5 Å². The van der Waals surface area contributed by atoms with Crippen LogP contribution in [0.25, 0.3) is 22.0 Å². The summed E-state index contributed by atoms with van der Waals surface area (Å²) in [6.45, 7) is 6.35. The summed E-state index contributed by atoms with van der Waals surface area (Å²) in [5.41, 5.74) is 6.11. The van der Waals surface area contributed by atoms with Gasteiger partial charge in [-0.15, -0.1) is 0 Å². The van der Waals surface area contributed by atoms with Gasteiger partial charge in [-0.1, -0.05) is 6.07 Å². The maximum absolute atomic E-state index is 13.0. The number of fused-ring (bicyclic) bond motifs is 1. The fraction of sp³-hybridized carbons (Fsp3) is 0.308. The van der Waals surface area contributed by atoms with Crippen molar-refractivity contribution < 1.29 is 4.79 Å². The number of pyridine rings is 2. The molecule has 0 saturated carbocycles. The minimum Gasteiger partial charge on any atom is -0.319 e. The number of rotatable bonds is 7. The summed E-state index contributed by atoms with van der Waals surface area (Å²) >= 11 is 0. The van der Waals surface area contributed by atoms with Gasteiger partial charge in [-0.25, -0.2) is 0 Å². The second kappa shape index (κ2) is 8.96. The van der Waals surface area contributed by atoms with Crippen molar-refractivity contribution in [1.29, 1.82) is 0 Å². The normalized spacial score (nSPS) is 16.2. The first-order chi connectivity index (χ1) is 16.7. The van der Waals surface area contributed by atoms with E-state index in [1.54, 1.807) is 6.20 Å². The van der Waals surface area contributed by atoms with Crippen LogP contribution >= 0.6 is 0 Å². The number of carbonyl (C=O) groups excluding carboxylic acids is 1. The summed E-state index contributed by atoms with van der Waals surface area (Å²) in [4.78, 5) is 26.7. The number of nitrogens with one attached hydrogen (secondary N) is 2. The lowest BCUT2D eigenvalue weighted by Gasteiger charge is -2.30. The average molecular weight is 454 g/mol. The number of carbonyl (C=O) groups is 1. The number of amides is 1. The Morgan fingerprint density at radius 3 is 2.47 bits per heavy atom. The molecule has 2 fully saturated rings. The fourth-order valence-electron chi connectivity index (χ4n) is 4.45. The molecule has 8 nitrogen and oxygen atoms in total. The molecule has 2 aliphatic heterocycles. The van der Waals surface area contributed by atoms with Crippen LogP contribution in [0.2, 0.25) is 0 Å². The summed E-state index contributed by atoms with van der Waals surface area (Å²) in [5, 5.41) is 11.0. The lowest BCUT2D eigenvalue weighted by molar-refractivity contribution is 0.102. The van der Waals surface area contributed by atoms with Gasteiger partial charge in [0.25, 0.3) is 5.91 Å². The van der Waals surface area contributed by atoms with Crippen molar-refractivity contribution in [2.24, 2.45) is 0 Å². The maximum atomic E-state index is 13.0. The zero-order chi connectivity index (χ0) is 22.9. The third-order valence-electron chi connectivity index (χ3n) is 6.68. The van der Waals surface area contributed by atoms with Crippen molar-refractivity contribution in [2.45, 2.75) is 25.9 Å². The number of likely N-dealkylation sites (tertiary alicyclic amines) is 2. The molecule has 2 saturated heterocycles. The average Bonchev–Trinajstić information content (AvgIpc) is 3.23. The molecule has 3 aromatic heterocycles. The number of hydrogen-bond donors (Lipinski definition) is 2. The lowest BCUT2D eigenvalue weighted by Crippen LogP contribution is -2.36. The summed E-state index contributed by atoms with van der Waals surface area (Å²) < 4.78 is 0. The summed E-state index contributed by atoms with van der Waals surface area (Å²) in [6, 6.07) is 12.0. The van der Waals surface area contributed by atoms with E-state index >= 15 is 0 Å². The van der Waals surface area contributed by atoms with E-state index in [4.69, 9.17) is 0 Å². The van der Waals surface area contributed by atoms with E-state index in [2.05, 4.69) is 41.3 Å². The second-order valence-electron chi connectivity index (χ2n) is 9.17. The first-order valence-corrected chi connectivity index (χ1v) is 11.8. The van der Waals surface area contributed by atoms with E-state index in [-0.39, 0.29) is 5.91 Å². The number of aromatic nitrogens is 4. The molecule has 172 valence electrons. The molecule has 8 heteroatoms. The number of benzene rings is 1. The molecule has 1 aromatic carbocycles. The first kappa shape index (κ1) is 20.9. The Bertz CT molecular complexity index is 1320. The molecule has 2 N–H and O–H groups in total. The van der Waals surface area contributed by atoms with Gasteiger partial charge in [0.15, 0.2) is 5.69 Å². The highest BCUT2D eigenvalue weighted by molar-refractivity contribution is 6.11. The predicted molar refractivity (Wildman–Crippen MR) is 131 cm³/mol. The molecular formula is C26H27N7O. The summed E-state index contributed by atoms with van der Waals surface area (Å²) in [5.74, 6) is -0.259. The Kier molecular flexibility index (Phi) is 5.52. The van der Waals surface area contributed by atoms with Crippen LogP contribution in [0.4, 0.5) is 5.69 Å². The highest BCUT2D eigenvalue weighted by atomic mass is 16.1. The third kappa shape index (κ3) is 4.30. The van der Waals surface area contributed by atoms with E-state index < -0.39 is 0 Å². The van der Waals surface area contributed by atoms with E-state index in [0.717, 1.165) is 67.0 Å². The maximum Gasteiger partial charge on any atom is 0.276 e. The van der Waals surface area contributed by atoms with Gasteiger partial charge in [-0.05, 0) is 80.5 Å². The standard InChI is InChI=1S/C26H27N7O/c34-26(29-21-4-5-22(28-15-21)17-33-9-2-10-33)25-23-12-19(3-6-24(23)30-31-25)20-11-18(13-27-14-20)16-32-7-1-8-32/h3-6,11-15H,1-2,7-10,16-17H2,(H,29,34)(H,30,31). The smallest absolute Gasteiger partial charge is 0.276 e. The van der Waals surface area contributed by atoms with Gasteiger partial charge in [-0.2, -0.15) is 5.10 Å². The van der Waals surface area contributed by atoms with Crippen LogP contribution in [0.3, 0.4) is 0 Å². The van der Waals surface area contributed by atoms with E-state index in [9.17, 15) is 4.79 Å². The second-order valence-corrected chi connectivity index (χ2v) is 9.17. The van der Waals surface area contributed by atoms with E-state index in [1.165, 1.54) is 18.4 Å². The Balaban J connectivity index is 1.20. The molecular weight excluding hydrogens is 426 g/mol. The van der Waals surface area contributed by atoms with Gasteiger partial charge in [0, 0.05) is 36.4 Å². The monoisotopic (exact) mass is 453 g/mol. The molecule has 0 spiro atoms. The Labute approximate surface area is 198 Å². The van der Waals surface area contributed by atoms with Crippen molar-refractivity contribution in [1.82, 2.24) is 30.0 Å². The molecule has 1 amide bonds. The molecule has 5 heterocycles.